The molecule has 296 valence electrons. The fourth-order valence-corrected chi connectivity index (χ4v) is 6.41. The van der Waals surface area contributed by atoms with Crippen molar-refractivity contribution in [1.82, 2.24) is 0 Å². The minimum atomic E-state index is -5.05. The van der Waals surface area contributed by atoms with E-state index in [1.165, 1.54) is 70.6 Å². The van der Waals surface area contributed by atoms with E-state index in [0.29, 0.717) is 13.0 Å². The summed E-state index contributed by atoms with van der Waals surface area (Å²) in [7, 11) is -5.05. The van der Waals surface area contributed by atoms with Crippen LogP contribution in [0.3, 0.4) is 0 Å². The van der Waals surface area contributed by atoms with Gasteiger partial charge in [-0.1, -0.05) is 122 Å². The summed E-state index contributed by atoms with van der Waals surface area (Å²) in [6, 6.07) is 0. The van der Waals surface area contributed by atoms with E-state index in [-0.39, 0.29) is 19.6 Å². The van der Waals surface area contributed by atoms with Crippen LogP contribution in [0, 0.1) is 0 Å². The summed E-state index contributed by atoms with van der Waals surface area (Å²) < 4.78 is 58.7. The average Bonchev–Trinajstić information content (AvgIpc) is 3.08. The van der Waals surface area contributed by atoms with Gasteiger partial charge in [0.25, 0.3) is 0 Å². The van der Waals surface area contributed by atoms with Gasteiger partial charge in [-0.2, -0.15) is 8.42 Å². The van der Waals surface area contributed by atoms with Gasteiger partial charge in [0.05, 0.1) is 19.8 Å². The Morgan fingerprint density at radius 1 is 0.740 bits per heavy atom. The minimum Gasteiger partial charge on any atom is -0.457 e. The van der Waals surface area contributed by atoms with E-state index in [1.807, 2.05) is 0 Å². The Hall–Kier alpha value is -1.16. The summed E-state index contributed by atoms with van der Waals surface area (Å²) in [5, 5.41) is 30.5. The molecule has 1 aliphatic heterocycles. The summed E-state index contributed by atoms with van der Waals surface area (Å²) in [4.78, 5) is 12.7. The number of aliphatic hydroxyl groups is 3. The van der Waals surface area contributed by atoms with Gasteiger partial charge in [0.15, 0.2) is 6.29 Å². The molecule has 1 heterocycles. The van der Waals surface area contributed by atoms with E-state index in [2.05, 4.69) is 30.2 Å². The fraction of sp³-hybridized carbons (Fsp3) is 0.919. The molecule has 0 spiro atoms. The van der Waals surface area contributed by atoms with Crippen LogP contribution < -0.4 is 0 Å². The van der Waals surface area contributed by atoms with Crippen LogP contribution in [-0.2, 0) is 38.3 Å². The number of unbranched alkanes of at least 4 members (excludes halogenated alkanes) is 18. The van der Waals surface area contributed by atoms with Gasteiger partial charge in [0, 0.05) is 13.0 Å². The van der Waals surface area contributed by atoms with E-state index >= 15 is 0 Å². The Balaban J connectivity index is 2.52. The Kier molecular flexibility index (Phi) is 28.4. The number of allylic oxidation sites excluding steroid dienone is 2. The molecule has 1 aliphatic rings. The van der Waals surface area contributed by atoms with Crippen LogP contribution in [-0.4, -0.2) is 97.5 Å². The molecule has 0 aromatic heterocycles. The van der Waals surface area contributed by atoms with Gasteiger partial charge < -0.3 is 34.3 Å². The lowest BCUT2D eigenvalue weighted by atomic mass is 9.99. The molecule has 4 N–H and O–H groups in total. The van der Waals surface area contributed by atoms with Gasteiger partial charge in [-0.05, 0) is 38.5 Å². The van der Waals surface area contributed by atoms with E-state index in [9.17, 15) is 28.5 Å². The molecule has 0 saturated carbocycles. The first-order chi connectivity index (χ1) is 24.1. The van der Waals surface area contributed by atoms with Crippen LogP contribution in [0.15, 0.2) is 12.2 Å². The summed E-state index contributed by atoms with van der Waals surface area (Å²) in [6.45, 7) is 3.93. The molecule has 1 rings (SSSR count). The van der Waals surface area contributed by atoms with Crippen LogP contribution in [0.5, 0.6) is 0 Å². The molecule has 12 nitrogen and oxygen atoms in total. The first kappa shape index (κ1) is 46.9. The lowest BCUT2D eigenvalue weighted by Crippen LogP contribution is -2.60. The summed E-state index contributed by atoms with van der Waals surface area (Å²) >= 11 is 0. The SMILES string of the molecule is CCCCC/C=C\CCCCCCCC(=O)OC(COCCCCCCCCCCCCC)COC1OC(CO)C(O)C(OS(=O)(=O)O)C1O. The smallest absolute Gasteiger partial charge is 0.397 e. The minimum absolute atomic E-state index is 0.0370. The number of aliphatic hydroxyl groups excluding tert-OH is 3. The number of esters is 1. The Bertz CT molecular complexity index is 947. The molecule has 0 radical (unpaired) electrons. The monoisotopic (exact) mass is 738 g/mol. The first-order valence-electron chi connectivity index (χ1n) is 19.4. The van der Waals surface area contributed by atoms with E-state index in [1.54, 1.807) is 0 Å². The standard InChI is InChI=1S/C37H70O12S/c1-3-5-7-9-11-13-15-16-18-20-22-24-26-33(39)47-31(29-45-27-25-23-21-19-17-14-12-10-8-6-4-2)30-46-37-35(41)36(49-50(42,43)44)34(40)32(28-38)48-37/h11,13,31-32,34-38,40-41H,3-10,12,14-30H2,1-2H3,(H,42,43,44)/b13-11-. The van der Waals surface area contributed by atoms with Crippen molar-refractivity contribution in [3.63, 3.8) is 0 Å². The van der Waals surface area contributed by atoms with Gasteiger partial charge in [-0.25, -0.2) is 4.18 Å². The second kappa shape index (κ2) is 30.3. The molecule has 1 fully saturated rings. The molecule has 6 unspecified atom stereocenters. The van der Waals surface area contributed by atoms with Crippen molar-refractivity contribution in [2.24, 2.45) is 0 Å². The third-order valence-electron chi connectivity index (χ3n) is 8.89. The zero-order valence-corrected chi connectivity index (χ0v) is 31.8. The number of carbonyl (C=O) groups is 1. The Morgan fingerprint density at radius 2 is 1.26 bits per heavy atom. The van der Waals surface area contributed by atoms with Crippen LogP contribution in [0.25, 0.3) is 0 Å². The summed E-state index contributed by atoms with van der Waals surface area (Å²) in [6.07, 6.45) is 19.7. The van der Waals surface area contributed by atoms with Crippen molar-refractivity contribution in [3.8, 4) is 0 Å². The number of hydrogen-bond donors (Lipinski definition) is 4. The molecule has 13 heteroatoms. The summed E-state index contributed by atoms with van der Waals surface area (Å²) in [5.41, 5.74) is 0. The highest BCUT2D eigenvalue weighted by molar-refractivity contribution is 7.80. The van der Waals surface area contributed by atoms with Crippen molar-refractivity contribution < 1.29 is 56.2 Å². The normalized spacial score (nSPS) is 21.9. The maximum Gasteiger partial charge on any atom is 0.397 e. The van der Waals surface area contributed by atoms with Crippen LogP contribution in [0.4, 0.5) is 0 Å². The molecule has 1 saturated heterocycles. The van der Waals surface area contributed by atoms with Gasteiger partial charge >= 0.3 is 16.4 Å². The number of rotatable bonds is 33. The highest BCUT2D eigenvalue weighted by atomic mass is 32.3. The fourth-order valence-electron chi connectivity index (χ4n) is 5.90. The van der Waals surface area contributed by atoms with Crippen molar-refractivity contribution >= 4 is 16.4 Å². The topological polar surface area (TPSA) is 178 Å². The maximum absolute atomic E-state index is 12.7. The second-order valence-corrected chi connectivity index (χ2v) is 14.6. The molecule has 50 heavy (non-hydrogen) atoms. The van der Waals surface area contributed by atoms with Crippen molar-refractivity contribution in [2.45, 2.75) is 192 Å². The predicted molar refractivity (Wildman–Crippen MR) is 193 cm³/mol. The van der Waals surface area contributed by atoms with Gasteiger partial charge in [-0.3, -0.25) is 9.35 Å². The maximum atomic E-state index is 12.7. The third kappa shape index (κ3) is 24.2. The van der Waals surface area contributed by atoms with Gasteiger partial charge in [0.2, 0.25) is 0 Å². The Morgan fingerprint density at radius 3 is 1.84 bits per heavy atom. The zero-order valence-electron chi connectivity index (χ0n) is 31.0. The van der Waals surface area contributed by atoms with Crippen molar-refractivity contribution in [2.75, 3.05) is 26.4 Å². The van der Waals surface area contributed by atoms with Gasteiger partial charge in [0.1, 0.15) is 30.5 Å². The molecule has 0 amide bonds. The molecular weight excluding hydrogens is 668 g/mol. The Labute approximate surface area is 302 Å². The predicted octanol–water partition coefficient (Wildman–Crippen LogP) is 6.74. The number of hydrogen-bond acceptors (Lipinski definition) is 11. The van der Waals surface area contributed by atoms with Crippen LogP contribution in [0.2, 0.25) is 0 Å². The molecular formula is C37H70O12S. The lowest BCUT2D eigenvalue weighted by Gasteiger charge is -2.41. The lowest BCUT2D eigenvalue weighted by molar-refractivity contribution is -0.301. The summed E-state index contributed by atoms with van der Waals surface area (Å²) in [5.74, 6) is -0.409. The average molecular weight is 739 g/mol. The number of carbonyl (C=O) groups excluding carboxylic acids is 1. The molecule has 0 aromatic carbocycles. The molecule has 6 atom stereocenters. The van der Waals surface area contributed by atoms with Gasteiger partial charge in [-0.15, -0.1) is 0 Å². The molecule has 0 bridgehead atoms. The number of ether oxygens (including phenoxy) is 4. The quantitative estimate of drug-likeness (QED) is 0.0242. The van der Waals surface area contributed by atoms with E-state index < -0.39 is 59.8 Å². The molecule has 0 aliphatic carbocycles. The second-order valence-electron chi connectivity index (χ2n) is 13.5. The third-order valence-corrected chi connectivity index (χ3v) is 9.35. The van der Waals surface area contributed by atoms with E-state index in [4.69, 9.17) is 23.5 Å². The zero-order chi connectivity index (χ0) is 36.9. The highest BCUT2D eigenvalue weighted by Crippen LogP contribution is 2.26. The molecule has 0 aromatic rings. The van der Waals surface area contributed by atoms with E-state index in [0.717, 1.165) is 57.8 Å². The van der Waals surface area contributed by atoms with Crippen molar-refractivity contribution in [1.29, 1.82) is 0 Å². The largest absolute Gasteiger partial charge is 0.457 e. The van der Waals surface area contributed by atoms with Crippen LogP contribution >= 0.6 is 0 Å². The highest BCUT2D eigenvalue weighted by Gasteiger charge is 2.48. The van der Waals surface area contributed by atoms with Crippen molar-refractivity contribution in [3.05, 3.63) is 12.2 Å². The van der Waals surface area contributed by atoms with Crippen LogP contribution in [0.1, 0.15) is 155 Å². The first-order valence-corrected chi connectivity index (χ1v) is 20.8.